The Kier molecular flexibility index (Phi) is 3.95. The summed E-state index contributed by atoms with van der Waals surface area (Å²) in [5, 5.41) is 4.68. The van der Waals surface area contributed by atoms with Crippen molar-refractivity contribution in [3.05, 3.63) is 75.7 Å². The molecule has 0 aliphatic carbocycles. The first-order valence-corrected chi connectivity index (χ1v) is 8.20. The number of aryl methyl sites for hydroxylation is 1. The number of methoxy groups -OCH3 is 1. The molecule has 0 atom stereocenters. The number of fused-ring (bicyclic) bond motifs is 3. The quantitative estimate of drug-likeness (QED) is 0.520. The average Bonchev–Trinajstić information content (AvgIpc) is 2.99. The molecular weight excluding hydrogens is 351 g/mol. The highest BCUT2D eigenvalue weighted by Crippen LogP contribution is 2.19. The topological polar surface area (TPSA) is 78.5 Å². The zero-order valence-corrected chi connectivity index (χ0v) is 14.6. The SMILES string of the molecule is COC(=O)c1c(C)nn2c1ncc1c(=O)n(Cc3cccc(F)c3)ccc12. The number of benzene rings is 1. The minimum Gasteiger partial charge on any atom is -0.465 e. The van der Waals surface area contributed by atoms with E-state index in [9.17, 15) is 14.0 Å². The Bertz CT molecular complexity index is 1260. The van der Waals surface area contributed by atoms with Crippen molar-refractivity contribution >= 4 is 22.5 Å². The molecule has 0 radical (unpaired) electrons. The lowest BCUT2D eigenvalue weighted by Crippen LogP contribution is -2.21. The van der Waals surface area contributed by atoms with E-state index < -0.39 is 5.97 Å². The highest BCUT2D eigenvalue weighted by Gasteiger charge is 2.20. The van der Waals surface area contributed by atoms with Crippen LogP contribution < -0.4 is 5.56 Å². The normalized spacial score (nSPS) is 11.2. The van der Waals surface area contributed by atoms with Crippen molar-refractivity contribution in [2.24, 2.45) is 0 Å². The number of nitrogens with zero attached hydrogens (tertiary/aromatic N) is 4. The molecule has 3 aromatic heterocycles. The number of pyridine rings is 1. The molecule has 0 fully saturated rings. The fourth-order valence-electron chi connectivity index (χ4n) is 3.11. The van der Waals surface area contributed by atoms with E-state index in [0.29, 0.717) is 27.8 Å². The molecule has 136 valence electrons. The van der Waals surface area contributed by atoms with E-state index in [1.807, 2.05) is 0 Å². The Morgan fingerprint density at radius 2 is 2.11 bits per heavy atom. The van der Waals surface area contributed by atoms with Crippen molar-refractivity contribution in [3.63, 3.8) is 0 Å². The number of esters is 1. The van der Waals surface area contributed by atoms with Gasteiger partial charge in [0.05, 0.1) is 30.3 Å². The first kappa shape index (κ1) is 16.9. The van der Waals surface area contributed by atoms with Crippen LogP contribution in [-0.4, -0.2) is 32.2 Å². The van der Waals surface area contributed by atoms with Crippen LogP contribution in [0.1, 0.15) is 21.6 Å². The van der Waals surface area contributed by atoms with Crippen LogP contribution in [0.4, 0.5) is 4.39 Å². The molecule has 0 saturated heterocycles. The molecular formula is C19H15FN4O3. The fraction of sp³-hybridized carbons (Fsp3) is 0.158. The minimum absolute atomic E-state index is 0.232. The smallest absolute Gasteiger partial charge is 0.343 e. The lowest BCUT2D eigenvalue weighted by molar-refractivity contribution is 0.0602. The monoisotopic (exact) mass is 366 g/mol. The van der Waals surface area contributed by atoms with Gasteiger partial charge in [0.15, 0.2) is 5.65 Å². The Labute approximate surface area is 152 Å². The molecule has 0 bridgehead atoms. The van der Waals surface area contributed by atoms with Crippen LogP contribution >= 0.6 is 0 Å². The maximum atomic E-state index is 13.4. The number of hydrogen-bond donors (Lipinski definition) is 0. The van der Waals surface area contributed by atoms with Crippen LogP contribution in [-0.2, 0) is 11.3 Å². The Morgan fingerprint density at radius 1 is 1.30 bits per heavy atom. The molecule has 0 N–H and O–H groups in total. The van der Waals surface area contributed by atoms with Crippen molar-refractivity contribution in [2.75, 3.05) is 7.11 Å². The molecule has 8 heteroatoms. The van der Waals surface area contributed by atoms with E-state index in [1.54, 1.807) is 31.3 Å². The van der Waals surface area contributed by atoms with E-state index in [-0.39, 0.29) is 23.5 Å². The molecule has 0 spiro atoms. The van der Waals surface area contributed by atoms with Gasteiger partial charge in [-0.15, -0.1) is 0 Å². The fourth-order valence-corrected chi connectivity index (χ4v) is 3.11. The molecule has 0 amide bonds. The number of carbonyl (C=O) groups is 1. The number of carbonyl (C=O) groups excluding carboxylic acids is 1. The first-order valence-electron chi connectivity index (χ1n) is 8.20. The van der Waals surface area contributed by atoms with Gasteiger partial charge in [-0.1, -0.05) is 12.1 Å². The van der Waals surface area contributed by atoms with Gasteiger partial charge in [-0.2, -0.15) is 5.10 Å². The maximum Gasteiger partial charge on any atom is 0.343 e. The highest BCUT2D eigenvalue weighted by molar-refractivity contribution is 5.98. The summed E-state index contributed by atoms with van der Waals surface area (Å²) in [6, 6.07) is 7.81. The van der Waals surface area contributed by atoms with Crippen molar-refractivity contribution in [1.29, 1.82) is 0 Å². The number of halogens is 1. The van der Waals surface area contributed by atoms with Gasteiger partial charge < -0.3 is 9.30 Å². The number of aromatic nitrogens is 4. The lowest BCUT2D eigenvalue weighted by Gasteiger charge is -2.08. The van der Waals surface area contributed by atoms with Crippen molar-refractivity contribution in [3.8, 4) is 0 Å². The second kappa shape index (κ2) is 6.31. The summed E-state index contributed by atoms with van der Waals surface area (Å²) in [6.07, 6.45) is 3.03. The van der Waals surface area contributed by atoms with Gasteiger partial charge in [-0.3, -0.25) is 4.79 Å². The third kappa shape index (κ3) is 2.75. The summed E-state index contributed by atoms with van der Waals surface area (Å²) in [5.41, 5.74) is 1.98. The van der Waals surface area contributed by atoms with Crippen LogP contribution in [0.3, 0.4) is 0 Å². The van der Waals surface area contributed by atoms with Gasteiger partial charge in [0, 0.05) is 12.4 Å². The lowest BCUT2D eigenvalue weighted by atomic mass is 10.2. The standard InChI is InChI=1S/C19H15FN4O3/c1-11-16(19(26)27-2)17-21-9-14-15(24(17)22-11)6-7-23(18(14)25)10-12-4-3-5-13(20)8-12/h3-9H,10H2,1-2H3. The van der Waals surface area contributed by atoms with E-state index >= 15 is 0 Å². The summed E-state index contributed by atoms with van der Waals surface area (Å²) >= 11 is 0. The Balaban J connectivity index is 1.88. The van der Waals surface area contributed by atoms with Gasteiger partial charge in [0.1, 0.15) is 11.4 Å². The maximum absolute atomic E-state index is 13.4. The van der Waals surface area contributed by atoms with E-state index in [1.165, 1.54) is 34.5 Å². The second-order valence-corrected chi connectivity index (χ2v) is 6.12. The molecule has 7 nitrogen and oxygen atoms in total. The van der Waals surface area contributed by atoms with Gasteiger partial charge in [-0.05, 0) is 30.7 Å². The zero-order chi connectivity index (χ0) is 19.1. The predicted molar refractivity (Wildman–Crippen MR) is 96.3 cm³/mol. The van der Waals surface area contributed by atoms with Gasteiger partial charge >= 0.3 is 5.97 Å². The summed E-state index contributed by atoms with van der Waals surface area (Å²) in [6.45, 7) is 1.91. The Morgan fingerprint density at radius 3 is 2.85 bits per heavy atom. The van der Waals surface area contributed by atoms with Crippen LogP contribution in [0, 0.1) is 12.7 Å². The van der Waals surface area contributed by atoms with Gasteiger partial charge in [0.25, 0.3) is 5.56 Å². The van der Waals surface area contributed by atoms with Gasteiger partial charge in [-0.25, -0.2) is 18.7 Å². The third-order valence-electron chi connectivity index (χ3n) is 4.39. The molecule has 0 aliphatic rings. The summed E-state index contributed by atoms with van der Waals surface area (Å²) in [5.74, 6) is -0.888. The molecule has 0 aliphatic heterocycles. The van der Waals surface area contributed by atoms with E-state index in [0.717, 1.165) is 0 Å². The zero-order valence-electron chi connectivity index (χ0n) is 14.6. The van der Waals surface area contributed by atoms with Crippen molar-refractivity contribution in [1.82, 2.24) is 19.2 Å². The average molecular weight is 366 g/mol. The van der Waals surface area contributed by atoms with Crippen LogP contribution in [0.15, 0.2) is 47.5 Å². The van der Waals surface area contributed by atoms with Crippen LogP contribution in [0.2, 0.25) is 0 Å². The van der Waals surface area contributed by atoms with Crippen molar-refractivity contribution in [2.45, 2.75) is 13.5 Å². The first-order chi connectivity index (χ1) is 13.0. The van der Waals surface area contributed by atoms with Crippen LogP contribution in [0.25, 0.3) is 16.6 Å². The molecule has 0 unspecified atom stereocenters. The van der Waals surface area contributed by atoms with Crippen molar-refractivity contribution < 1.29 is 13.9 Å². The molecule has 1 aromatic carbocycles. The number of rotatable bonds is 3. The second-order valence-electron chi connectivity index (χ2n) is 6.12. The highest BCUT2D eigenvalue weighted by atomic mass is 19.1. The number of hydrogen-bond acceptors (Lipinski definition) is 5. The largest absolute Gasteiger partial charge is 0.465 e. The molecule has 3 heterocycles. The molecule has 27 heavy (non-hydrogen) atoms. The molecule has 4 aromatic rings. The van der Waals surface area contributed by atoms with E-state index in [4.69, 9.17) is 4.74 Å². The molecule has 0 saturated carbocycles. The molecule has 4 rings (SSSR count). The van der Waals surface area contributed by atoms with Crippen LogP contribution in [0.5, 0.6) is 0 Å². The summed E-state index contributed by atoms with van der Waals surface area (Å²) < 4.78 is 21.1. The van der Waals surface area contributed by atoms with E-state index in [2.05, 4.69) is 10.1 Å². The Hall–Kier alpha value is -3.55. The third-order valence-corrected chi connectivity index (χ3v) is 4.39. The summed E-state index contributed by atoms with van der Waals surface area (Å²) in [4.78, 5) is 29.1. The van der Waals surface area contributed by atoms with Gasteiger partial charge in [0.2, 0.25) is 0 Å². The predicted octanol–water partition coefficient (Wildman–Crippen LogP) is 2.33. The number of ether oxygens (including phenoxy) is 1. The summed E-state index contributed by atoms with van der Waals surface area (Å²) in [7, 11) is 1.29. The minimum atomic E-state index is -0.534.